The van der Waals surface area contributed by atoms with Gasteiger partial charge in [-0.3, -0.25) is 19.3 Å². The number of aromatic nitrogens is 2. The van der Waals surface area contributed by atoms with Crippen LogP contribution in [0, 0.1) is 10.1 Å². The first-order valence-corrected chi connectivity index (χ1v) is 7.55. The minimum atomic E-state index is -0.494. The standard InChI is InChI=1S/C14H12N4O4S/c19-13(9-22-12-3-1-11(2-4-12)18(20)21)15-7-10-8-17-5-6-23-14(17)16-10/h1-6,8H,7,9H2,(H,15,19). The zero-order valence-corrected chi connectivity index (χ0v) is 12.7. The summed E-state index contributed by atoms with van der Waals surface area (Å²) >= 11 is 1.52. The predicted molar refractivity (Wildman–Crippen MR) is 83.5 cm³/mol. The number of fused-ring (bicyclic) bond motifs is 1. The Balaban J connectivity index is 1.47. The lowest BCUT2D eigenvalue weighted by Crippen LogP contribution is -2.28. The number of ether oxygens (including phenoxy) is 1. The summed E-state index contributed by atoms with van der Waals surface area (Å²) in [6, 6.07) is 5.56. The van der Waals surface area contributed by atoms with Gasteiger partial charge in [0.2, 0.25) is 0 Å². The van der Waals surface area contributed by atoms with Gasteiger partial charge >= 0.3 is 0 Å². The van der Waals surface area contributed by atoms with E-state index in [1.807, 2.05) is 22.2 Å². The Kier molecular flexibility index (Phi) is 4.20. The van der Waals surface area contributed by atoms with E-state index in [1.165, 1.54) is 35.6 Å². The summed E-state index contributed by atoms with van der Waals surface area (Å²) in [5, 5.41) is 15.2. The molecule has 1 N–H and O–H groups in total. The lowest BCUT2D eigenvalue weighted by atomic mass is 10.3. The Morgan fingerprint density at radius 2 is 2.17 bits per heavy atom. The molecular formula is C14H12N4O4S. The highest BCUT2D eigenvalue weighted by Gasteiger charge is 2.08. The van der Waals surface area contributed by atoms with Gasteiger partial charge in [0, 0.05) is 29.9 Å². The molecule has 0 saturated heterocycles. The molecule has 0 bridgehead atoms. The summed E-state index contributed by atoms with van der Waals surface area (Å²) < 4.78 is 7.17. The molecule has 9 heteroatoms. The first-order chi connectivity index (χ1) is 11.1. The van der Waals surface area contributed by atoms with E-state index in [0.29, 0.717) is 12.3 Å². The largest absolute Gasteiger partial charge is 0.484 e. The molecule has 2 aromatic heterocycles. The molecule has 0 unspecified atom stereocenters. The molecule has 0 saturated carbocycles. The number of carbonyl (C=O) groups excluding carboxylic acids is 1. The van der Waals surface area contributed by atoms with Crippen molar-refractivity contribution in [3.05, 3.63) is 57.8 Å². The maximum Gasteiger partial charge on any atom is 0.269 e. The molecule has 3 rings (SSSR count). The highest BCUT2D eigenvalue weighted by molar-refractivity contribution is 7.15. The summed E-state index contributed by atoms with van der Waals surface area (Å²) in [6.07, 6.45) is 3.75. The fourth-order valence-electron chi connectivity index (χ4n) is 1.91. The molecule has 0 aliphatic carbocycles. The van der Waals surface area contributed by atoms with Gasteiger partial charge in [-0.15, -0.1) is 11.3 Å². The summed E-state index contributed by atoms with van der Waals surface area (Å²) in [4.78, 5) is 27.0. The van der Waals surface area contributed by atoms with Crippen LogP contribution in [0.5, 0.6) is 5.75 Å². The average Bonchev–Trinajstić information content (AvgIpc) is 3.12. The number of nitrogens with one attached hydrogen (secondary N) is 1. The topological polar surface area (TPSA) is 98.8 Å². The molecular weight excluding hydrogens is 320 g/mol. The van der Waals surface area contributed by atoms with E-state index in [2.05, 4.69) is 10.3 Å². The number of benzene rings is 1. The molecule has 0 spiro atoms. The van der Waals surface area contributed by atoms with Crippen LogP contribution >= 0.6 is 11.3 Å². The summed E-state index contributed by atoms with van der Waals surface area (Å²) in [7, 11) is 0. The third-order valence-electron chi connectivity index (χ3n) is 3.03. The van der Waals surface area contributed by atoms with Crippen LogP contribution in [-0.4, -0.2) is 26.8 Å². The number of rotatable bonds is 6. The number of nitrogens with zero attached hydrogens (tertiary/aromatic N) is 3. The van der Waals surface area contributed by atoms with E-state index in [9.17, 15) is 14.9 Å². The number of hydrogen-bond donors (Lipinski definition) is 1. The van der Waals surface area contributed by atoms with Gasteiger partial charge in [-0.05, 0) is 12.1 Å². The predicted octanol–water partition coefficient (Wildman–Crippen LogP) is 2.00. The van der Waals surface area contributed by atoms with Crippen LogP contribution in [0.2, 0.25) is 0 Å². The Morgan fingerprint density at radius 1 is 1.39 bits per heavy atom. The smallest absolute Gasteiger partial charge is 0.269 e. The quantitative estimate of drug-likeness (QED) is 0.550. The van der Waals surface area contributed by atoms with Gasteiger partial charge in [0.25, 0.3) is 11.6 Å². The van der Waals surface area contributed by atoms with E-state index in [4.69, 9.17) is 4.74 Å². The van der Waals surface area contributed by atoms with Crippen molar-refractivity contribution < 1.29 is 14.5 Å². The van der Waals surface area contributed by atoms with E-state index in [-0.39, 0.29) is 18.2 Å². The Morgan fingerprint density at radius 3 is 2.87 bits per heavy atom. The first kappa shape index (κ1) is 15.0. The van der Waals surface area contributed by atoms with Gasteiger partial charge in [0.1, 0.15) is 5.75 Å². The van der Waals surface area contributed by atoms with E-state index < -0.39 is 4.92 Å². The van der Waals surface area contributed by atoms with Crippen molar-refractivity contribution in [2.24, 2.45) is 0 Å². The van der Waals surface area contributed by atoms with Crippen LogP contribution in [0.3, 0.4) is 0 Å². The molecule has 1 aromatic carbocycles. The lowest BCUT2D eigenvalue weighted by molar-refractivity contribution is -0.384. The van der Waals surface area contributed by atoms with E-state index >= 15 is 0 Å². The number of imidazole rings is 1. The molecule has 0 radical (unpaired) electrons. The van der Waals surface area contributed by atoms with Gasteiger partial charge in [-0.1, -0.05) is 0 Å². The number of amides is 1. The van der Waals surface area contributed by atoms with Gasteiger partial charge in [0.15, 0.2) is 11.6 Å². The van der Waals surface area contributed by atoms with Crippen molar-refractivity contribution in [2.45, 2.75) is 6.54 Å². The first-order valence-electron chi connectivity index (χ1n) is 6.67. The van der Waals surface area contributed by atoms with Gasteiger partial charge in [-0.25, -0.2) is 4.98 Å². The maximum atomic E-state index is 11.7. The van der Waals surface area contributed by atoms with Crippen molar-refractivity contribution in [3.8, 4) is 5.75 Å². The number of thiazole rings is 1. The van der Waals surface area contributed by atoms with Crippen LogP contribution in [0.1, 0.15) is 5.69 Å². The number of carbonyl (C=O) groups is 1. The van der Waals surface area contributed by atoms with Crippen LogP contribution in [0.4, 0.5) is 5.69 Å². The van der Waals surface area contributed by atoms with Crippen LogP contribution < -0.4 is 10.1 Å². The SMILES string of the molecule is O=C(COc1ccc([N+](=O)[O-])cc1)NCc1cn2ccsc2n1. The van der Waals surface area contributed by atoms with E-state index in [0.717, 1.165) is 10.7 Å². The van der Waals surface area contributed by atoms with Crippen molar-refractivity contribution in [1.82, 2.24) is 14.7 Å². The summed E-state index contributed by atoms with van der Waals surface area (Å²) in [5.41, 5.74) is 0.738. The zero-order valence-electron chi connectivity index (χ0n) is 11.8. The molecule has 0 fully saturated rings. The third kappa shape index (κ3) is 3.64. The number of nitro benzene ring substituents is 1. The lowest BCUT2D eigenvalue weighted by Gasteiger charge is -2.06. The summed E-state index contributed by atoms with van der Waals surface area (Å²) in [6.45, 7) is 0.150. The normalized spacial score (nSPS) is 10.6. The molecule has 23 heavy (non-hydrogen) atoms. The fraction of sp³-hybridized carbons (Fsp3) is 0.143. The van der Waals surface area contributed by atoms with Crippen LogP contribution in [0.15, 0.2) is 42.0 Å². The molecule has 1 amide bonds. The number of non-ortho nitro benzene ring substituents is 1. The van der Waals surface area contributed by atoms with Crippen molar-refractivity contribution >= 4 is 27.9 Å². The molecule has 2 heterocycles. The second kappa shape index (κ2) is 6.44. The number of nitro groups is 1. The zero-order chi connectivity index (χ0) is 16.2. The molecule has 0 atom stereocenters. The van der Waals surface area contributed by atoms with Gasteiger partial charge in [-0.2, -0.15) is 0 Å². The Hall–Kier alpha value is -2.94. The molecule has 0 aliphatic heterocycles. The maximum absolute atomic E-state index is 11.7. The van der Waals surface area contributed by atoms with Gasteiger partial charge < -0.3 is 10.1 Å². The minimum Gasteiger partial charge on any atom is -0.484 e. The van der Waals surface area contributed by atoms with Gasteiger partial charge in [0.05, 0.1) is 17.2 Å². The second-order valence-corrected chi connectivity index (χ2v) is 5.51. The minimum absolute atomic E-state index is 0.0263. The molecule has 3 aromatic rings. The third-order valence-corrected chi connectivity index (χ3v) is 3.80. The Bertz CT molecular complexity index is 811. The molecule has 0 aliphatic rings. The van der Waals surface area contributed by atoms with Crippen LogP contribution in [-0.2, 0) is 11.3 Å². The van der Waals surface area contributed by atoms with Crippen molar-refractivity contribution in [1.29, 1.82) is 0 Å². The summed E-state index contributed by atoms with van der Waals surface area (Å²) in [5.74, 6) is 0.105. The highest BCUT2D eigenvalue weighted by atomic mass is 32.1. The second-order valence-electron chi connectivity index (χ2n) is 4.64. The van der Waals surface area contributed by atoms with E-state index in [1.54, 1.807) is 0 Å². The highest BCUT2D eigenvalue weighted by Crippen LogP contribution is 2.17. The van der Waals surface area contributed by atoms with Crippen molar-refractivity contribution in [2.75, 3.05) is 6.61 Å². The molecule has 8 nitrogen and oxygen atoms in total. The molecule has 118 valence electrons. The monoisotopic (exact) mass is 332 g/mol. The Labute approximate surface area is 134 Å². The fourth-order valence-corrected chi connectivity index (χ4v) is 2.63. The van der Waals surface area contributed by atoms with Crippen LogP contribution in [0.25, 0.3) is 4.96 Å². The average molecular weight is 332 g/mol. The number of hydrogen-bond acceptors (Lipinski definition) is 6. The van der Waals surface area contributed by atoms with Crippen molar-refractivity contribution in [3.63, 3.8) is 0 Å².